The molecular formula is C18H18FN3. The second-order valence-corrected chi connectivity index (χ2v) is 5.83. The number of pyridine rings is 2. The van der Waals surface area contributed by atoms with Crippen LogP contribution in [0.5, 0.6) is 0 Å². The van der Waals surface area contributed by atoms with E-state index in [1.807, 2.05) is 24.3 Å². The third-order valence-electron chi connectivity index (χ3n) is 3.59. The van der Waals surface area contributed by atoms with Crippen LogP contribution in [0.25, 0.3) is 22.0 Å². The molecule has 0 spiro atoms. The highest BCUT2D eigenvalue weighted by Crippen LogP contribution is 2.33. The molecule has 4 heteroatoms. The van der Waals surface area contributed by atoms with E-state index in [9.17, 15) is 4.39 Å². The number of nitrogens with two attached hydrogens (primary N) is 1. The highest BCUT2D eigenvalue weighted by Gasteiger charge is 2.15. The molecule has 0 atom stereocenters. The van der Waals surface area contributed by atoms with Gasteiger partial charge in [-0.05, 0) is 42.7 Å². The van der Waals surface area contributed by atoms with Gasteiger partial charge in [-0.25, -0.2) is 9.37 Å². The molecule has 0 unspecified atom stereocenters. The van der Waals surface area contributed by atoms with Crippen molar-refractivity contribution < 1.29 is 4.39 Å². The van der Waals surface area contributed by atoms with Crippen LogP contribution in [-0.4, -0.2) is 9.97 Å². The minimum atomic E-state index is -0.337. The van der Waals surface area contributed by atoms with Crippen molar-refractivity contribution in [1.29, 1.82) is 0 Å². The number of nitrogens with zero attached hydrogens (tertiary/aromatic N) is 2. The van der Waals surface area contributed by atoms with Crippen molar-refractivity contribution in [3.63, 3.8) is 0 Å². The fourth-order valence-corrected chi connectivity index (χ4v) is 2.64. The summed E-state index contributed by atoms with van der Waals surface area (Å²) in [6.45, 7) is 4.25. The molecule has 0 saturated heterocycles. The fraction of sp³-hybridized carbons (Fsp3) is 0.222. The molecule has 2 aromatic heterocycles. The van der Waals surface area contributed by atoms with E-state index in [0.29, 0.717) is 28.4 Å². The lowest BCUT2D eigenvalue weighted by molar-refractivity contribution is 0.631. The Balaban J connectivity index is 2.17. The summed E-state index contributed by atoms with van der Waals surface area (Å²) in [5.41, 5.74) is 8.62. The first-order chi connectivity index (χ1) is 10.6. The van der Waals surface area contributed by atoms with E-state index in [2.05, 4.69) is 23.8 Å². The lowest BCUT2D eigenvalue weighted by atomic mass is 10.0. The van der Waals surface area contributed by atoms with Gasteiger partial charge in [0.05, 0.1) is 5.52 Å². The van der Waals surface area contributed by atoms with Crippen LogP contribution in [0.1, 0.15) is 19.5 Å². The van der Waals surface area contributed by atoms with Gasteiger partial charge >= 0.3 is 0 Å². The van der Waals surface area contributed by atoms with Crippen LogP contribution in [0.3, 0.4) is 0 Å². The summed E-state index contributed by atoms with van der Waals surface area (Å²) < 4.78 is 14.4. The third-order valence-corrected chi connectivity index (χ3v) is 3.59. The van der Waals surface area contributed by atoms with Gasteiger partial charge in [0.25, 0.3) is 0 Å². The number of halogens is 1. The third kappa shape index (κ3) is 2.64. The average Bonchev–Trinajstić information content (AvgIpc) is 2.48. The zero-order chi connectivity index (χ0) is 15.7. The maximum Gasteiger partial charge on any atom is 0.133 e. The smallest absolute Gasteiger partial charge is 0.133 e. The largest absolute Gasteiger partial charge is 0.383 e. The maximum atomic E-state index is 14.4. The zero-order valence-corrected chi connectivity index (χ0v) is 12.7. The van der Waals surface area contributed by atoms with E-state index >= 15 is 0 Å². The Hall–Kier alpha value is -2.49. The first-order valence-electron chi connectivity index (χ1n) is 7.35. The molecule has 0 aliphatic heterocycles. The number of anilines is 1. The van der Waals surface area contributed by atoms with Gasteiger partial charge in [-0.2, -0.15) is 0 Å². The average molecular weight is 295 g/mol. The first-order valence-corrected chi connectivity index (χ1v) is 7.35. The van der Waals surface area contributed by atoms with Crippen LogP contribution >= 0.6 is 0 Å². The molecule has 0 saturated carbocycles. The highest BCUT2D eigenvalue weighted by atomic mass is 19.1. The van der Waals surface area contributed by atoms with Gasteiger partial charge in [0.15, 0.2) is 0 Å². The van der Waals surface area contributed by atoms with Gasteiger partial charge in [-0.15, -0.1) is 0 Å². The first kappa shape index (κ1) is 14.4. The van der Waals surface area contributed by atoms with Crippen molar-refractivity contribution in [2.75, 3.05) is 5.73 Å². The topological polar surface area (TPSA) is 51.8 Å². The summed E-state index contributed by atoms with van der Waals surface area (Å²) in [4.78, 5) is 8.73. The van der Waals surface area contributed by atoms with Crippen LogP contribution in [0.4, 0.5) is 10.2 Å². The number of nitrogen functional groups attached to an aromatic ring is 1. The van der Waals surface area contributed by atoms with Gasteiger partial charge in [0.1, 0.15) is 11.6 Å². The molecular weight excluding hydrogens is 277 g/mol. The van der Waals surface area contributed by atoms with Crippen molar-refractivity contribution in [1.82, 2.24) is 9.97 Å². The summed E-state index contributed by atoms with van der Waals surface area (Å²) in [7, 11) is 0. The van der Waals surface area contributed by atoms with Crippen LogP contribution < -0.4 is 5.73 Å². The number of aromatic nitrogens is 2. The SMILES string of the molecule is CC(C)Cc1ccc(-c2c(F)ccc3cccnc23)c(N)n1. The van der Waals surface area contributed by atoms with Crippen LogP contribution in [-0.2, 0) is 6.42 Å². The maximum absolute atomic E-state index is 14.4. The van der Waals surface area contributed by atoms with E-state index < -0.39 is 0 Å². The monoisotopic (exact) mass is 295 g/mol. The van der Waals surface area contributed by atoms with E-state index in [1.54, 1.807) is 12.3 Å². The lowest BCUT2D eigenvalue weighted by Crippen LogP contribution is -2.03. The Morgan fingerprint density at radius 2 is 1.95 bits per heavy atom. The second kappa shape index (κ2) is 5.72. The van der Waals surface area contributed by atoms with E-state index in [0.717, 1.165) is 17.5 Å². The summed E-state index contributed by atoms with van der Waals surface area (Å²) in [6, 6.07) is 10.7. The number of fused-ring (bicyclic) bond motifs is 1. The highest BCUT2D eigenvalue weighted by molar-refractivity contribution is 5.96. The summed E-state index contributed by atoms with van der Waals surface area (Å²) >= 11 is 0. The molecule has 0 amide bonds. The Bertz CT molecular complexity index is 828. The number of benzene rings is 1. The number of rotatable bonds is 3. The van der Waals surface area contributed by atoms with Crippen molar-refractivity contribution in [3.8, 4) is 11.1 Å². The Kier molecular flexibility index (Phi) is 3.75. The Labute approximate surface area is 129 Å². The normalized spacial score (nSPS) is 11.3. The summed E-state index contributed by atoms with van der Waals surface area (Å²) in [6.07, 6.45) is 2.50. The van der Waals surface area contributed by atoms with Gasteiger partial charge in [0.2, 0.25) is 0 Å². The van der Waals surface area contributed by atoms with Crippen molar-refractivity contribution >= 4 is 16.7 Å². The lowest BCUT2D eigenvalue weighted by Gasteiger charge is -2.11. The van der Waals surface area contributed by atoms with Crippen LogP contribution in [0.15, 0.2) is 42.6 Å². The standard InChI is InChI=1S/C18H18FN3/c1-11(2)10-13-6-7-14(18(20)22-13)16-15(19)8-5-12-4-3-9-21-17(12)16/h3-9,11H,10H2,1-2H3,(H2,20,22). The number of hydrogen-bond donors (Lipinski definition) is 1. The Morgan fingerprint density at radius 3 is 2.68 bits per heavy atom. The minimum absolute atomic E-state index is 0.337. The van der Waals surface area contributed by atoms with Crippen LogP contribution in [0.2, 0.25) is 0 Å². The van der Waals surface area contributed by atoms with E-state index in [-0.39, 0.29) is 5.82 Å². The predicted molar refractivity (Wildman–Crippen MR) is 87.9 cm³/mol. The van der Waals surface area contributed by atoms with Gasteiger partial charge in [0, 0.05) is 28.4 Å². The Morgan fingerprint density at radius 1 is 1.14 bits per heavy atom. The predicted octanol–water partition coefficient (Wildman–Crippen LogP) is 4.22. The molecule has 0 aliphatic rings. The van der Waals surface area contributed by atoms with Gasteiger partial charge in [-0.1, -0.05) is 19.9 Å². The molecule has 2 heterocycles. The molecule has 0 fully saturated rings. The van der Waals surface area contributed by atoms with Crippen LogP contribution in [0, 0.1) is 11.7 Å². The minimum Gasteiger partial charge on any atom is -0.383 e. The van der Waals surface area contributed by atoms with E-state index in [4.69, 9.17) is 5.73 Å². The van der Waals surface area contributed by atoms with Crippen molar-refractivity contribution in [2.45, 2.75) is 20.3 Å². The summed E-state index contributed by atoms with van der Waals surface area (Å²) in [5, 5.41) is 0.879. The van der Waals surface area contributed by atoms with Gasteiger partial charge in [-0.3, -0.25) is 4.98 Å². The molecule has 2 N–H and O–H groups in total. The summed E-state index contributed by atoms with van der Waals surface area (Å²) in [5.74, 6) is 0.500. The molecule has 1 aromatic carbocycles. The quantitative estimate of drug-likeness (QED) is 0.787. The fourth-order valence-electron chi connectivity index (χ4n) is 2.64. The molecule has 0 bridgehead atoms. The molecule has 3 nitrogen and oxygen atoms in total. The second-order valence-electron chi connectivity index (χ2n) is 5.83. The molecule has 3 aromatic rings. The van der Waals surface area contributed by atoms with Gasteiger partial charge < -0.3 is 5.73 Å². The molecule has 112 valence electrons. The molecule has 22 heavy (non-hydrogen) atoms. The van der Waals surface area contributed by atoms with Crippen molar-refractivity contribution in [3.05, 3.63) is 54.1 Å². The molecule has 3 rings (SSSR count). The number of hydrogen-bond acceptors (Lipinski definition) is 3. The van der Waals surface area contributed by atoms with E-state index in [1.165, 1.54) is 6.07 Å². The molecule has 0 aliphatic carbocycles. The zero-order valence-electron chi connectivity index (χ0n) is 12.7. The molecule has 0 radical (unpaired) electrons. The van der Waals surface area contributed by atoms with Crippen molar-refractivity contribution in [2.24, 2.45) is 5.92 Å².